The van der Waals surface area contributed by atoms with Crippen molar-refractivity contribution >= 4 is 46.2 Å². The number of ether oxygens (including phenoxy) is 2. The van der Waals surface area contributed by atoms with Crippen LogP contribution in [0, 0.1) is 0 Å². The van der Waals surface area contributed by atoms with Crippen molar-refractivity contribution in [2.24, 2.45) is 10.3 Å². The monoisotopic (exact) mass is 568 g/mol. The number of carbonyl (C=O) groups excluding carboxylic acids is 1. The summed E-state index contributed by atoms with van der Waals surface area (Å²) in [5, 5.41) is 9.70. The van der Waals surface area contributed by atoms with E-state index in [0.717, 1.165) is 35.1 Å². The van der Waals surface area contributed by atoms with Crippen LogP contribution in [0.15, 0.2) is 83.3 Å². The second kappa shape index (κ2) is 15.0. The average Bonchev–Trinajstić information content (AvgIpc) is 2.94. The Labute approximate surface area is 238 Å². The number of rotatable bonds is 12. The van der Waals surface area contributed by atoms with Crippen molar-refractivity contribution in [3.63, 3.8) is 0 Å². The molecule has 39 heavy (non-hydrogen) atoms. The van der Waals surface area contributed by atoms with Crippen molar-refractivity contribution in [2.45, 2.75) is 26.4 Å². The van der Waals surface area contributed by atoms with Crippen LogP contribution in [-0.2, 0) is 43.4 Å². The highest BCUT2D eigenvalue weighted by Gasteiger charge is 2.17. The lowest BCUT2D eigenvalue weighted by Gasteiger charge is -2.11. The smallest absolute Gasteiger partial charge is 0.341 e. The molecule has 3 aromatic rings. The second-order valence-electron chi connectivity index (χ2n) is 8.42. The first-order chi connectivity index (χ1) is 18.9. The van der Waals surface area contributed by atoms with Gasteiger partial charge in [0.25, 0.3) is 0 Å². The van der Waals surface area contributed by atoms with Gasteiger partial charge < -0.3 is 19.1 Å². The summed E-state index contributed by atoms with van der Waals surface area (Å²) in [4.78, 5) is 23.0. The lowest BCUT2D eigenvalue weighted by molar-refractivity contribution is -0.133. The Kier molecular flexibility index (Phi) is 11.4. The quantitative estimate of drug-likeness (QED) is 0.0781. The molecule has 204 valence electrons. The van der Waals surface area contributed by atoms with Gasteiger partial charge >= 0.3 is 5.97 Å². The zero-order chi connectivity index (χ0) is 28.2. The minimum absolute atomic E-state index is 0.109. The Balaban J connectivity index is 1.71. The maximum absolute atomic E-state index is 12.2. The van der Waals surface area contributed by atoms with Crippen LogP contribution >= 0.6 is 23.2 Å². The summed E-state index contributed by atoms with van der Waals surface area (Å²) in [7, 11) is 4.26. The van der Waals surface area contributed by atoms with E-state index in [9.17, 15) is 4.79 Å². The molecule has 3 rings (SSSR count). The predicted octanol–water partition coefficient (Wildman–Crippen LogP) is 6.88. The van der Waals surface area contributed by atoms with Crippen molar-refractivity contribution in [1.82, 2.24) is 0 Å². The molecule has 0 radical (unpaired) electrons. The van der Waals surface area contributed by atoms with Crippen LogP contribution in [0.25, 0.3) is 5.57 Å². The van der Waals surface area contributed by atoms with E-state index >= 15 is 0 Å². The van der Waals surface area contributed by atoms with Crippen LogP contribution in [-0.4, -0.2) is 38.7 Å². The molecule has 7 nitrogen and oxygen atoms in total. The second-order valence-corrected chi connectivity index (χ2v) is 9.26. The standard InChI is InChI=1S/C30H30Cl2N2O5/c1-20(33-39-18-24-7-5-6-8-26(24)27(19-36-2)30(35)37-3)29(34-38-4)23-13-10-21(11-14-23)9-12-22-15-16-25(31)17-28(22)32/h5-8,10-11,13-17,19H,9,12,18H2,1-4H3/b27-19?,33-20+,34-29-. The van der Waals surface area contributed by atoms with Gasteiger partial charge in [0.1, 0.15) is 30.7 Å². The first kappa shape index (κ1) is 29.7. The largest absolute Gasteiger partial charge is 0.503 e. The molecule has 0 amide bonds. The third-order valence-corrected chi connectivity index (χ3v) is 6.41. The Bertz CT molecular complexity index is 1370. The van der Waals surface area contributed by atoms with E-state index < -0.39 is 5.97 Å². The molecule has 0 heterocycles. The molecule has 9 heteroatoms. The Morgan fingerprint density at radius 2 is 1.64 bits per heavy atom. The van der Waals surface area contributed by atoms with Crippen LogP contribution < -0.4 is 0 Å². The molecule has 0 aromatic heterocycles. The van der Waals surface area contributed by atoms with Crippen LogP contribution in [0.4, 0.5) is 0 Å². The van der Waals surface area contributed by atoms with E-state index in [0.29, 0.717) is 27.0 Å². The Morgan fingerprint density at radius 3 is 2.31 bits per heavy atom. The molecule has 0 aliphatic carbocycles. The van der Waals surface area contributed by atoms with Gasteiger partial charge in [-0.15, -0.1) is 0 Å². The van der Waals surface area contributed by atoms with E-state index in [1.165, 1.54) is 27.6 Å². The molecule has 0 aliphatic rings. The summed E-state index contributed by atoms with van der Waals surface area (Å²) in [6, 6.07) is 20.8. The zero-order valence-corrected chi connectivity index (χ0v) is 23.8. The third-order valence-electron chi connectivity index (χ3n) is 5.82. The molecule has 0 atom stereocenters. The number of esters is 1. The van der Waals surface area contributed by atoms with Gasteiger partial charge in [-0.2, -0.15) is 0 Å². The average molecular weight is 569 g/mol. The minimum atomic E-state index is -0.516. The lowest BCUT2D eigenvalue weighted by Crippen LogP contribution is -2.14. The third kappa shape index (κ3) is 8.34. The highest BCUT2D eigenvalue weighted by atomic mass is 35.5. The first-order valence-corrected chi connectivity index (χ1v) is 12.8. The maximum atomic E-state index is 12.2. The normalized spacial score (nSPS) is 12.2. The molecule has 0 spiro atoms. The summed E-state index contributed by atoms with van der Waals surface area (Å²) in [6.07, 6.45) is 2.96. The van der Waals surface area contributed by atoms with Gasteiger partial charge in [-0.05, 0) is 48.6 Å². The topological polar surface area (TPSA) is 78.7 Å². The SMILES string of the molecule is COC=C(C(=O)OC)c1ccccc1CO/N=C(C)/C(=N/OC)c1ccc(CCc2ccc(Cl)cc2Cl)cc1. The number of hydrogen-bond donors (Lipinski definition) is 0. The molecule has 0 saturated carbocycles. The van der Waals surface area contributed by atoms with E-state index in [2.05, 4.69) is 10.3 Å². The number of aryl methyl sites for hydroxylation is 2. The van der Waals surface area contributed by atoms with Gasteiger partial charge in [0, 0.05) is 21.2 Å². The molecule has 0 bridgehead atoms. The molecule has 0 saturated heterocycles. The summed E-state index contributed by atoms with van der Waals surface area (Å²) in [5.41, 5.74) is 5.72. The van der Waals surface area contributed by atoms with Crippen LogP contribution in [0.1, 0.15) is 34.7 Å². The number of nitrogens with zero attached hydrogens (tertiary/aromatic N) is 2. The highest BCUT2D eigenvalue weighted by molar-refractivity contribution is 6.47. The van der Waals surface area contributed by atoms with Crippen LogP contribution in [0.5, 0.6) is 0 Å². The predicted molar refractivity (Wildman–Crippen MR) is 155 cm³/mol. The lowest BCUT2D eigenvalue weighted by atomic mass is 10.0. The number of benzene rings is 3. The number of carbonyl (C=O) groups is 1. The summed E-state index contributed by atoms with van der Waals surface area (Å²) < 4.78 is 9.95. The Hall–Kier alpha value is -3.81. The molecule has 0 fully saturated rings. The zero-order valence-electron chi connectivity index (χ0n) is 22.2. The van der Waals surface area contributed by atoms with Crippen LogP contribution in [0.2, 0.25) is 10.0 Å². The van der Waals surface area contributed by atoms with Crippen molar-refractivity contribution in [2.75, 3.05) is 21.3 Å². The number of halogens is 2. The minimum Gasteiger partial charge on any atom is -0.503 e. The highest BCUT2D eigenvalue weighted by Crippen LogP contribution is 2.23. The maximum Gasteiger partial charge on any atom is 0.341 e. The number of oxime groups is 2. The summed E-state index contributed by atoms with van der Waals surface area (Å²) >= 11 is 12.3. The van der Waals surface area contributed by atoms with Gasteiger partial charge in [-0.25, -0.2) is 4.79 Å². The van der Waals surface area contributed by atoms with E-state index in [-0.39, 0.29) is 12.2 Å². The van der Waals surface area contributed by atoms with Crippen molar-refractivity contribution in [1.29, 1.82) is 0 Å². The van der Waals surface area contributed by atoms with Crippen LogP contribution in [0.3, 0.4) is 0 Å². The fourth-order valence-electron chi connectivity index (χ4n) is 3.85. The fraction of sp³-hybridized carbons (Fsp3) is 0.233. The first-order valence-electron chi connectivity index (χ1n) is 12.1. The van der Waals surface area contributed by atoms with Gasteiger partial charge in [0.15, 0.2) is 0 Å². The van der Waals surface area contributed by atoms with Crippen molar-refractivity contribution in [3.05, 3.63) is 111 Å². The molecule has 0 aliphatic heterocycles. The van der Waals surface area contributed by atoms with E-state index in [1.54, 1.807) is 19.1 Å². The number of hydrogen-bond acceptors (Lipinski definition) is 7. The number of methoxy groups -OCH3 is 2. The molecular weight excluding hydrogens is 539 g/mol. The van der Waals surface area contributed by atoms with E-state index in [1.807, 2.05) is 54.6 Å². The molecular formula is C30H30Cl2N2O5. The van der Waals surface area contributed by atoms with Gasteiger partial charge in [-0.1, -0.05) is 88.1 Å². The van der Waals surface area contributed by atoms with Crippen molar-refractivity contribution in [3.8, 4) is 0 Å². The van der Waals surface area contributed by atoms with Gasteiger partial charge in [0.05, 0.1) is 20.5 Å². The molecule has 0 unspecified atom stereocenters. The van der Waals surface area contributed by atoms with Gasteiger partial charge in [-0.3, -0.25) is 0 Å². The Morgan fingerprint density at radius 1 is 0.897 bits per heavy atom. The van der Waals surface area contributed by atoms with E-state index in [4.69, 9.17) is 42.4 Å². The summed E-state index contributed by atoms with van der Waals surface area (Å²) in [5.74, 6) is -0.516. The fourth-order valence-corrected chi connectivity index (χ4v) is 4.35. The van der Waals surface area contributed by atoms with Crippen molar-refractivity contribution < 1.29 is 23.9 Å². The van der Waals surface area contributed by atoms with Gasteiger partial charge in [0.2, 0.25) is 0 Å². The molecule has 0 N–H and O–H groups in total. The summed E-state index contributed by atoms with van der Waals surface area (Å²) in [6.45, 7) is 1.89. The molecule has 3 aromatic carbocycles.